The fourth-order valence-electron chi connectivity index (χ4n) is 2.97. The Bertz CT molecular complexity index is 703. The third-order valence-electron chi connectivity index (χ3n) is 3.86. The highest BCUT2D eigenvalue weighted by Crippen LogP contribution is 2.45. The van der Waals surface area contributed by atoms with Crippen molar-refractivity contribution in [2.45, 2.75) is 5.92 Å². The quantitative estimate of drug-likeness (QED) is 0.371. The summed E-state index contributed by atoms with van der Waals surface area (Å²) in [5.41, 5.74) is 15.1. The molecule has 4 nitrogen and oxygen atoms in total. The molecule has 0 fully saturated rings. The number of hydrogen-bond donors (Lipinski definition) is 2. The van der Waals surface area contributed by atoms with Crippen molar-refractivity contribution < 1.29 is 9.49 Å². The van der Waals surface area contributed by atoms with Crippen molar-refractivity contribution in [3.8, 4) is 11.1 Å². The zero-order valence-corrected chi connectivity index (χ0v) is 12.5. The van der Waals surface area contributed by atoms with Crippen LogP contribution >= 0.6 is 0 Å². The lowest BCUT2D eigenvalue weighted by Gasteiger charge is -2.10. The van der Waals surface area contributed by atoms with Crippen LogP contribution in [-0.4, -0.2) is 21.3 Å². The first-order valence-electron chi connectivity index (χ1n) is 7.13. The SMILES string of the molecule is C=CC1c2cc([B]OCN)ccc2-c2ccc(NOC)cc21. The second-order valence-corrected chi connectivity index (χ2v) is 5.12. The molecular formula is C17H18BN2O2. The number of allylic oxidation sites excluding steroid dienone is 1. The van der Waals surface area contributed by atoms with E-state index < -0.39 is 0 Å². The predicted molar refractivity (Wildman–Crippen MR) is 90.1 cm³/mol. The lowest BCUT2D eigenvalue weighted by atomic mass is 9.84. The molecule has 2 aromatic rings. The maximum Gasteiger partial charge on any atom is 0.331 e. The van der Waals surface area contributed by atoms with Crippen LogP contribution < -0.4 is 16.7 Å². The molecule has 0 amide bonds. The van der Waals surface area contributed by atoms with Gasteiger partial charge in [0.2, 0.25) is 0 Å². The average molecular weight is 293 g/mol. The lowest BCUT2D eigenvalue weighted by molar-refractivity contribution is 0.271. The summed E-state index contributed by atoms with van der Waals surface area (Å²) < 4.78 is 5.18. The van der Waals surface area contributed by atoms with Crippen LogP contribution in [0.4, 0.5) is 5.69 Å². The summed E-state index contributed by atoms with van der Waals surface area (Å²) in [4.78, 5) is 4.99. The Hall–Kier alpha value is -2.08. The number of nitrogens with two attached hydrogens (primary N) is 1. The van der Waals surface area contributed by atoms with Crippen LogP contribution in [0.2, 0.25) is 0 Å². The summed E-state index contributed by atoms with van der Waals surface area (Å²) in [6, 6.07) is 12.5. The number of nitrogens with one attached hydrogen (secondary N) is 1. The molecule has 2 aromatic carbocycles. The normalized spacial score (nSPS) is 15.1. The number of hydrogen-bond acceptors (Lipinski definition) is 4. The van der Waals surface area contributed by atoms with Crippen LogP contribution in [0.25, 0.3) is 11.1 Å². The second kappa shape index (κ2) is 6.36. The van der Waals surface area contributed by atoms with E-state index in [1.807, 2.05) is 18.2 Å². The monoisotopic (exact) mass is 293 g/mol. The van der Waals surface area contributed by atoms with E-state index in [1.165, 1.54) is 22.3 Å². The highest BCUT2D eigenvalue weighted by Gasteiger charge is 2.27. The highest BCUT2D eigenvalue weighted by atomic mass is 16.6. The summed E-state index contributed by atoms with van der Waals surface area (Å²) >= 11 is 0. The van der Waals surface area contributed by atoms with Gasteiger partial charge in [-0.3, -0.25) is 10.3 Å². The maximum atomic E-state index is 5.37. The molecular weight excluding hydrogens is 275 g/mol. The van der Waals surface area contributed by atoms with Crippen molar-refractivity contribution in [2.75, 3.05) is 19.3 Å². The van der Waals surface area contributed by atoms with Gasteiger partial charge in [0.1, 0.15) is 0 Å². The summed E-state index contributed by atoms with van der Waals surface area (Å²) in [6.07, 6.45) is 1.97. The van der Waals surface area contributed by atoms with E-state index in [2.05, 4.69) is 36.3 Å². The number of anilines is 1. The number of benzene rings is 2. The van der Waals surface area contributed by atoms with Crippen LogP contribution in [0.5, 0.6) is 0 Å². The van der Waals surface area contributed by atoms with Crippen molar-refractivity contribution in [1.82, 2.24) is 0 Å². The van der Waals surface area contributed by atoms with Gasteiger partial charge in [-0.15, -0.1) is 6.58 Å². The molecule has 0 aromatic heterocycles. The minimum Gasteiger partial charge on any atom is -0.422 e. The van der Waals surface area contributed by atoms with Gasteiger partial charge in [0, 0.05) is 5.92 Å². The molecule has 1 aliphatic carbocycles. The van der Waals surface area contributed by atoms with Gasteiger partial charge in [0.05, 0.1) is 19.5 Å². The van der Waals surface area contributed by atoms with E-state index >= 15 is 0 Å². The topological polar surface area (TPSA) is 56.5 Å². The van der Waals surface area contributed by atoms with E-state index in [1.54, 1.807) is 14.6 Å². The first kappa shape index (κ1) is 14.8. The second-order valence-electron chi connectivity index (χ2n) is 5.12. The molecule has 0 saturated carbocycles. The molecule has 22 heavy (non-hydrogen) atoms. The molecule has 0 aliphatic heterocycles. The van der Waals surface area contributed by atoms with E-state index in [-0.39, 0.29) is 12.6 Å². The number of rotatable bonds is 6. The summed E-state index contributed by atoms with van der Waals surface area (Å²) in [7, 11) is 3.29. The molecule has 1 atom stereocenters. The average Bonchev–Trinajstić information content (AvgIpc) is 2.85. The van der Waals surface area contributed by atoms with Gasteiger partial charge in [0.25, 0.3) is 0 Å². The first-order chi connectivity index (χ1) is 10.8. The molecule has 1 aliphatic rings. The third kappa shape index (κ3) is 2.54. The van der Waals surface area contributed by atoms with Gasteiger partial charge >= 0.3 is 7.48 Å². The molecule has 1 unspecified atom stereocenters. The Kier molecular flexibility index (Phi) is 4.29. The van der Waals surface area contributed by atoms with Crippen molar-refractivity contribution in [3.63, 3.8) is 0 Å². The standard InChI is InChI=1S/C17H18BN2O2/c1-3-13-16-8-11(18-22-10-19)4-6-14(16)15-7-5-12(20-21-2)9-17(13)15/h3-9,13,20H,1,10,19H2,2H3. The van der Waals surface area contributed by atoms with Gasteiger partial charge in [-0.05, 0) is 34.4 Å². The van der Waals surface area contributed by atoms with Crippen molar-refractivity contribution in [2.24, 2.45) is 5.73 Å². The van der Waals surface area contributed by atoms with E-state index in [0.29, 0.717) is 0 Å². The van der Waals surface area contributed by atoms with Crippen molar-refractivity contribution in [3.05, 3.63) is 60.2 Å². The van der Waals surface area contributed by atoms with Crippen molar-refractivity contribution in [1.29, 1.82) is 0 Å². The molecule has 1 radical (unpaired) electrons. The van der Waals surface area contributed by atoms with E-state index in [0.717, 1.165) is 11.2 Å². The van der Waals surface area contributed by atoms with E-state index in [9.17, 15) is 0 Å². The van der Waals surface area contributed by atoms with Crippen LogP contribution in [0.1, 0.15) is 17.0 Å². The van der Waals surface area contributed by atoms with Crippen LogP contribution in [-0.2, 0) is 9.49 Å². The summed E-state index contributed by atoms with van der Waals surface area (Å²) in [5.74, 6) is 0.162. The number of fused-ring (bicyclic) bond motifs is 3. The Morgan fingerprint density at radius 2 is 1.95 bits per heavy atom. The van der Waals surface area contributed by atoms with Gasteiger partial charge in [-0.2, -0.15) is 0 Å². The highest BCUT2D eigenvalue weighted by molar-refractivity contribution is 6.47. The first-order valence-corrected chi connectivity index (χ1v) is 7.13. The Balaban J connectivity index is 2.02. The summed E-state index contributed by atoms with van der Waals surface area (Å²) in [6.45, 7) is 4.17. The molecule has 5 heteroatoms. The summed E-state index contributed by atoms with van der Waals surface area (Å²) in [5, 5.41) is 0. The van der Waals surface area contributed by atoms with Crippen LogP contribution in [0, 0.1) is 0 Å². The smallest absolute Gasteiger partial charge is 0.331 e. The maximum absolute atomic E-state index is 5.37. The molecule has 0 bridgehead atoms. The van der Waals surface area contributed by atoms with Crippen LogP contribution in [0.3, 0.4) is 0 Å². The van der Waals surface area contributed by atoms with Gasteiger partial charge in [-0.25, -0.2) is 0 Å². The predicted octanol–water partition coefficient (Wildman–Crippen LogP) is 2.14. The third-order valence-corrected chi connectivity index (χ3v) is 3.86. The Morgan fingerprint density at radius 3 is 2.64 bits per heavy atom. The fourth-order valence-corrected chi connectivity index (χ4v) is 2.97. The molecule has 0 saturated heterocycles. The molecule has 111 valence electrons. The van der Waals surface area contributed by atoms with Crippen LogP contribution in [0.15, 0.2) is 49.1 Å². The molecule has 3 rings (SSSR count). The van der Waals surface area contributed by atoms with Crippen molar-refractivity contribution >= 4 is 18.6 Å². The zero-order chi connectivity index (χ0) is 15.5. The molecule has 3 N–H and O–H groups in total. The lowest BCUT2D eigenvalue weighted by Crippen LogP contribution is -2.21. The Labute approximate surface area is 131 Å². The molecule has 0 heterocycles. The fraction of sp³-hybridized carbons (Fsp3) is 0.176. The van der Waals surface area contributed by atoms with Gasteiger partial charge < -0.3 is 10.4 Å². The minimum atomic E-state index is 0.162. The zero-order valence-electron chi connectivity index (χ0n) is 12.5. The van der Waals surface area contributed by atoms with E-state index in [4.69, 9.17) is 15.2 Å². The Morgan fingerprint density at radius 1 is 1.23 bits per heavy atom. The minimum absolute atomic E-state index is 0.162. The largest absolute Gasteiger partial charge is 0.422 e. The molecule has 0 spiro atoms. The van der Waals surface area contributed by atoms with Gasteiger partial charge in [0.15, 0.2) is 0 Å². The van der Waals surface area contributed by atoms with Gasteiger partial charge in [-0.1, -0.05) is 35.8 Å².